The maximum atomic E-state index is 13.1. The minimum absolute atomic E-state index is 0.243. The van der Waals surface area contributed by atoms with Crippen LogP contribution in [0, 0.1) is 0 Å². The maximum absolute atomic E-state index is 13.1. The zero-order valence-electron chi connectivity index (χ0n) is 15.1. The van der Waals surface area contributed by atoms with Crippen molar-refractivity contribution in [2.24, 2.45) is 0 Å². The second-order valence-corrected chi connectivity index (χ2v) is 6.55. The molecule has 0 radical (unpaired) electrons. The fraction of sp³-hybridized carbons (Fsp3) is 0.333. The molecule has 2 unspecified atom stereocenters. The normalized spacial score (nSPS) is 17.0. The molecule has 1 saturated heterocycles. The molecule has 1 aliphatic rings. The second-order valence-electron chi connectivity index (χ2n) is 6.55. The van der Waals surface area contributed by atoms with E-state index < -0.39 is 18.1 Å². The largest absolute Gasteiger partial charge is 0.480 e. The number of nitrogens with one attached hydrogen (secondary N) is 1. The fourth-order valence-corrected chi connectivity index (χ4v) is 3.30. The SMILES string of the molecule is O=C(O)C(Cc1ccccc1)NC(=O)C(c1ccccc1)N1CCOCC1. The molecule has 1 fully saturated rings. The predicted molar refractivity (Wildman–Crippen MR) is 101 cm³/mol. The summed E-state index contributed by atoms with van der Waals surface area (Å²) in [6.45, 7) is 2.37. The number of carbonyl (C=O) groups excluding carboxylic acids is 1. The maximum Gasteiger partial charge on any atom is 0.326 e. The molecular formula is C21H24N2O4. The number of carbonyl (C=O) groups is 2. The summed E-state index contributed by atoms with van der Waals surface area (Å²) in [4.78, 5) is 26.9. The summed E-state index contributed by atoms with van der Waals surface area (Å²) in [6.07, 6.45) is 0.243. The highest BCUT2D eigenvalue weighted by atomic mass is 16.5. The Bertz CT molecular complexity index is 745. The van der Waals surface area contributed by atoms with Crippen LogP contribution >= 0.6 is 0 Å². The summed E-state index contributed by atoms with van der Waals surface area (Å²) >= 11 is 0. The molecule has 0 aromatic heterocycles. The van der Waals surface area contributed by atoms with Gasteiger partial charge in [0, 0.05) is 19.5 Å². The van der Waals surface area contributed by atoms with Gasteiger partial charge in [0.1, 0.15) is 12.1 Å². The number of carboxylic acid groups (broad SMARTS) is 1. The number of amides is 1. The lowest BCUT2D eigenvalue weighted by Gasteiger charge is -2.34. The van der Waals surface area contributed by atoms with Crippen molar-refractivity contribution in [3.05, 3.63) is 71.8 Å². The van der Waals surface area contributed by atoms with Gasteiger partial charge in [-0.05, 0) is 11.1 Å². The lowest BCUT2D eigenvalue weighted by Crippen LogP contribution is -2.50. The molecule has 6 nitrogen and oxygen atoms in total. The number of rotatable bonds is 7. The monoisotopic (exact) mass is 368 g/mol. The van der Waals surface area contributed by atoms with E-state index in [4.69, 9.17) is 4.74 Å². The van der Waals surface area contributed by atoms with Crippen molar-refractivity contribution >= 4 is 11.9 Å². The average Bonchev–Trinajstić information content (AvgIpc) is 2.70. The Morgan fingerprint density at radius 3 is 2.19 bits per heavy atom. The van der Waals surface area contributed by atoms with Crippen molar-refractivity contribution < 1.29 is 19.4 Å². The molecule has 0 saturated carbocycles. The highest BCUT2D eigenvalue weighted by molar-refractivity contribution is 5.88. The lowest BCUT2D eigenvalue weighted by atomic mass is 10.0. The van der Waals surface area contributed by atoms with Crippen molar-refractivity contribution in [2.45, 2.75) is 18.5 Å². The molecule has 1 amide bonds. The van der Waals surface area contributed by atoms with Gasteiger partial charge in [-0.15, -0.1) is 0 Å². The Kier molecular flexibility index (Phi) is 6.57. The molecule has 0 spiro atoms. The van der Waals surface area contributed by atoms with Gasteiger partial charge >= 0.3 is 5.97 Å². The number of hydrogen-bond donors (Lipinski definition) is 2. The minimum Gasteiger partial charge on any atom is -0.480 e. The Balaban J connectivity index is 1.78. The van der Waals surface area contributed by atoms with E-state index in [2.05, 4.69) is 5.32 Å². The number of hydrogen-bond acceptors (Lipinski definition) is 4. The lowest BCUT2D eigenvalue weighted by molar-refractivity contribution is -0.143. The molecule has 1 aliphatic heterocycles. The molecular weight excluding hydrogens is 344 g/mol. The summed E-state index contributed by atoms with van der Waals surface area (Å²) in [6, 6.07) is 17.3. The third kappa shape index (κ3) is 5.15. The third-order valence-corrected chi connectivity index (χ3v) is 4.67. The van der Waals surface area contributed by atoms with Crippen LogP contribution in [0.5, 0.6) is 0 Å². The highest BCUT2D eigenvalue weighted by Crippen LogP contribution is 2.22. The molecule has 2 N–H and O–H groups in total. The summed E-state index contributed by atoms with van der Waals surface area (Å²) in [5, 5.41) is 12.3. The van der Waals surface area contributed by atoms with E-state index in [1.807, 2.05) is 65.6 Å². The first-order chi connectivity index (χ1) is 13.1. The van der Waals surface area contributed by atoms with Gasteiger partial charge in [0.15, 0.2) is 0 Å². The zero-order chi connectivity index (χ0) is 19.1. The molecule has 2 aromatic rings. The Labute approximate surface area is 158 Å². The first-order valence-corrected chi connectivity index (χ1v) is 9.09. The summed E-state index contributed by atoms with van der Waals surface area (Å²) in [5.74, 6) is -1.34. The molecule has 6 heteroatoms. The van der Waals surface area contributed by atoms with Gasteiger partial charge in [-0.25, -0.2) is 4.79 Å². The van der Waals surface area contributed by atoms with Gasteiger partial charge in [-0.2, -0.15) is 0 Å². The number of aliphatic carboxylic acids is 1. The standard InChI is InChI=1S/C21H24N2O4/c24-20(22-18(21(25)26)15-16-7-3-1-4-8-16)19(17-9-5-2-6-10-17)23-11-13-27-14-12-23/h1-10,18-19H,11-15H2,(H,22,24)(H,25,26). The van der Waals surface area contributed by atoms with Crippen LogP contribution in [0.4, 0.5) is 0 Å². The third-order valence-electron chi connectivity index (χ3n) is 4.67. The van der Waals surface area contributed by atoms with Crippen LogP contribution in [0.2, 0.25) is 0 Å². The molecule has 0 bridgehead atoms. The van der Waals surface area contributed by atoms with E-state index in [-0.39, 0.29) is 12.3 Å². The number of morpholine rings is 1. The first kappa shape index (κ1) is 19.1. The van der Waals surface area contributed by atoms with Gasteiger partial charge in [-0.3, -0.25) is 9.69 Å². The van der Waals surface area contributed by atoms with Gasteiger partial charge in [-0.1, -0.05) is 60.7 Å². The molecule has 0 aliphatic carbocycles. The van der Waals surface area contributed by atoms with Gasteiger partial charge in [0.2, 0.25) is 5.91 Å². The second kappa shape index (κ2) is 9.30. The van der Waals surface area contributed by atoms with E-state index in [0.29, 0.717) is 26.3 Å². The summed E-state index contributed by atoms with van der Waals surface area (Å²) in [5.41, 5.74) is 1.72. The van der Waals surface area contributed by atoms with Crippen LogP contribution in [0.15, 0.2) is 60.7 Å². The number of ether oxygens (including phenoxy) is 1. The van der Waals surface area contributed by atoms with Gasteiger partial charge in [0.25, 0.3) is 0 Å². The topological polar surface area (TPSA) is 78.9 Å². The molecule has 27 heavy (non-hydrogen) atoms. The first-order valence-electron chi connectivity index (χ1n) is 9.09. The Morgan fingerprint density at radius 2 is 1.59 bits per heavy atom. The van der Waals surface area contributed by atoms with Crippen molar-refractivity contribution in [1.82, 2.24) is 10.2 Å². The fourth-order valence-electron chi connectivity index (χ4n) is 3.30. The number of carboxylic acids is 1. The van der Waals surface area contributed by atoms with Crippen molar-refractivity contribution in [3.63, 3.8) is 0 Å². The van der Waals surface area contributed by atoms with Crippen LogP contribution in [0.1, 0.15) is 17.2 Å². The molecule has 3 rings (SSSR count). The van der Waals surface area contributed by atoms with Crippen molar-refractivity contribution in [1.29, 1.82) is 0 Å². The highest BCUT2D eigenvalue weighted by Gasteiger charge is 2.31. The van der Waals surface area contributed by atoms with Crippen molar-refractivity contribution in [2.75, 3.05) is 26.3 Å². The van der Waals surface area contributed by atoms with E-state index in [1.54, 1.807) is 0 Å². The summed E-state index contributed by atoms with van der Waals surface area (Å²) < 4.78 is 5.40. The zero-order valence-corrected chi connectivity index (χ0v) is 15.1. The molecule has 1 heterocycles. The van der Waals surface area contributed by atoms with Gasteiger partial charge in [0.05, 0.1) is 13.2 Å². The van der Waals surface area contributed by atoms with Crippen molar-refractivity contribution in [3.8, 4) is 0 Å². The van der Waals surface area contributed by atoms with E-state index >= 15 is 0 Å². The van der Waals surface area contributed by atoms with Crippen LogP contribution < -0.4 is 5.32 Å². The molecule has 2 aromatic carbocycles. The minimum atomic E-state index is -1.04. The van der Waals surface area contributed by atoms with Crippen LogP contribution in [0.25, 0.3) is 0 Å². The smallest absolute Gasteiger partial charge is 0.326 e. The quantitative estimate of drug-likeness (QED) is 0.780. The van der Waals surface area contributed by atoms with Crippen LogP contribution in [0.3, 0.4) is 0 Å². The van der Waals surface area contributed by atoms with E-state index in [9.17, 15) is 14.7 Å². The number of benzene rings is 2. The van der Waals surface area contributed by atoms with E-state index in [1.165, 1.54) is 0 Å². The van der Waals surface area contributed by atoms with E-state index in [0.717, 1.165) is 11.1 Å². The average molecular weight is 368 g/mol. The Hall–Kier alpha value is -2.70. The number of nitrogens with zero attached hydrogens (tertiary/aromatic N) is 1. The van der Waals surface area contributed by atoms with Crippen LogP contribution in [-0.2, 0) is 20.7 Å². The van der Waals surface area contributed by atoms with Gasteiger partial charge < -0.3 is 15.2 Å². The predicted octanol–water partition coefficient (Wildman–Crippen LogP) is 1.87. The molecule has 2 atom stereocenters. The molecule has 142 valence electrons. The summed E-state index contributed by atoms with van der Waals surface area (Å²) in [7, 11) is 0. The Morgan fingerprint density at radius 1 is 1.00 bits per heavy atom. The van der Waals surface area contributed by atoms with Crippen LogP contribution in [-0.4, -0.2) is 54.2 Å².